The van der Waals surface area contributed by atoms with Crippen LogP contribution in [0.3, 0.4) is 0 Å². The van der Waals surface area contributed by atoms with E-state index in [1.165, 1.54) is 5.56 Å². The molecule has 0 aromatic heterocycles. The Labute approximate surface area is 117 Å². The number of halogens is 1. The van der Waals surface area contributed by atoms with E-state index in [2.05, 4.69) is 54.0 Å². The molecule has 0 aliphatic heterocycles. The molecule has 18 heavy (non-hydrogen) atoms. The van der Waals surface area contributed by atoms with Crippen molar-refractivity contribution in [3.8, 4) is 0 Å². The monoisotopic (exact) mass is 306 g/mol. The second kappa shape index (κ2) is 3.93. The highest BCUT2D eigenvalue weighted by Gasteiger charge is 2.59. The number of hydrogen-bond donors (Lipinski definition) is 0. The summed E-state index contributed by atoms with van der Waals surface area (Å²) in [6.45, 7) is 4.28. The average Bonchev–Trinajstić information content (AvgIpc) is 3.10. The van der Waals surface area contributed by atoms with Gasteiger partial charge < -0.3 is 0 Å². The van der Waals surface area contributed by atoms with Crippen LogP contribution in [-0.4, -0.2) is 5.78 Å². The van der Waals surface area contributed by atoms with Crippen LogP contribution >= 0.6 is 15.9 Å². The smallest absolute Gasteiger partial charge is 0.145 e. The van der Waals surface area contributed by atoms with Crippen LogP contribution in [0.15, 0.2) is 28.7 Å². The zero-order valence-corrected chi connectivity index (χ0v) is 12.6. The fraction of sp³-hybridized carbons (Fsp3) is 0.562. The van der Waals surface area contributed by atoms with Crippen LogP contribution in [0.2, 0.25) is 0 Å². The summed E-state index contributed by atoms with van der Waals surface area (Å²) in [5, 5.41) is 0. The molecule has 2 aliphatic rings. The van der Waals surface area contributed by atoms with Gasteiger partial charge in [-0.3, -0.25) is 4.79 Å². The first-order valence-corrected chi connectivity index (χ1v) is 7.55. The fourth-order valence-electron chi connectivity index (χ4n) is 3.64. The fourth-order valence-corrected chi connectivity index (χ4v) is 3.91. The second-order valence-corrected chi connectivity index (χ2v) is 7.39. The van der Waals surface area contributed by atoms with Gasteiger partial charge in [-0.05, 0) is 49.3 Å². The molecule has 1 aromatic rings. The van der Waals surface area contributed by atoms with Crippen LogP contribution in [0.5, 0.6) is 0 Å². The number of Topliss-reactive ketones (excluding diaryl/α,β-unsaturated/α-hetero) is 1. The first-order valence-electron chi connectivity index (χ1n) is 6.76. The van der Waals surface area contributed by atoms with E-state index >= 15 is 0 Å². The third-order valence-electron chi connectivity index (χ3n) is 4.98. The predicted octanol–water partition coefficient (Wildman–Crippen LogP) is 4.70. The topological polar surface area (TPSA) is 17.1 Å². The highest BCUT2D eigenvalue weighted by Crippen LogP contribution is 2.61. The highest BCUT2D eigenvalue weighted by atomic mass is 79.9. The average molecular weight is 307 g/mol. The minimum atomic E-state index is -0.206. The van der Waals surface area contributed by atoms with Gasteiger partial charge in [-0.15, -0.1) is 0 Å². The van der Waals surface area contributed by atoms with Crippen molar-refractivity contribution in [2.24, 2.45) is 10.8 Å². The maximum atomic E-state index is 12.7. The first kappa shape index (κ1) is 12.4. The molecule has 1 aromatic carbocycles. The molecule has 3 rings (SSSR count). The van der Waals surface area contributed by atoms with Crippen LogP contribution in [0.4, 0.5) is 0 Å². The summed E-state index contributed by atoms with van der Waals surface area (Å²) in [5.41, 5.74) is 1.19. The SMILES string of the molecule is CC1(C)C(=O)C2(CCC1c1ccc(Br)cc1)CC2. The van der Waals surface area contributed by atoms with Crippen molar-refractivity contribution >= 4 is 21.7 Å². The van der Waals surface area contributed by atoms with E-state index in [-0.39, 0.29) is 10.8 Å². The molecule has 1 spiro atoms. The molecular weight excluding hydrogens is 288 g/mol. The molecule has 2 fully saturated rings. The van der Waals surface area contributed by atoms with E-state index in [0.717, 1.165) is 30.2 Å². The van der Waals surface area contributed by atoms with Gasteiger partial charge in [0.25, 0.3) is 0 Å². The van der Waals surface area contributed by atoms with Crippen molar-refractivity contribution in [1.82, 2.24) is 0 Å². The lowest BCUT2D eigenvalue weighted by Gasteiger charge is -2.41. The summed E-state index contributed by atoms with van der Waals surface area (Å²) >= 11 is 3.47. The van der Waals surface area contributed by atoms with Gasteiger partial charge in [-0.25, -0.2) is 0 Å². The molecule has 1 unspecified atom stereocenters. The molecule has 0 bridgehead atoms. The maximum absolute atomic E-state index is 12.7. The minimum absolute atomic E-state index is 0.0787. The Hall–Kier alpha value is -0.630. The highest BCUT2D eigenvalue weighted by molar-refractivity contribution is 9.10. The van der Waals surface area contributed by atoms with Crippen molar-refractivity contribution in [3.05, 3.63) is 34.3 Å². The first-order chi connectivity index (χ1) is 8.46. The summed E-state index contributed by atoms with van der Waals surface area (Å²) in [7, 11) is 0. The molecule has 2 aliphatic carbocycles. The predicted molar refractivity (Wildman–Crippen MR) is 76.6 cm³/mol. The molecule has 0 amide bonds. The molecule has 96 valence electrons. The van der Waals surface area contributed by atoms with Gasteiger partial charge in [0, 0.05) is 15.3 Å². The van der Waals surface area contributed by atoms with Gasteiger partial charge in [0.15, 0.2) is 0 Å². The zero-order chi connectivity index (χ0) is 13.0. The molecule has 0 N–H and O–H groups in total. The van der Waals surface area contributed by atoms with Crippen LogP contribution in [0, 0.1) is 10.8 Å². The zero-order valence-electron chi connectivity index (χ0n) is 11.0. The lowest BCUT2D eigenvalue weighted by molar-refractivity contribution is -0.137. The number of rotatable bonds is 1. The van der Waals surface area contributed by atoms with Gasteiger partial charge in [0.05, 0.1) is 0 Å². The third-order valence-corrected chi connectivity index (χ3v) is 5.50. The Bertz CT molecular complexity index is 482. The van der Waals surface area contributed by atoms with Gasteiger partial charge >= 0.3 is 0 Å². The standard InChI is InChI=1S/C16H19BrO/c1-15(2)13(11-3-5-12(17)6-4-11)7-8-16(9-10-16)14(15)18/h3-6,13H,7-10H2,1-2H3. The maximum Gasteiger partial charge on any atom is 0.145 e. The Morgan fingerprint density at radius 3 is 2.28 bits per heavy atom. The molecule has 1 atom stereocenters. The van der Waals surface area contributed by atoms with Crippen LogP contribution in [-0.2, 0) is 4.79 Å². The Balaban J connectivity index is 1.93. The van der Waals surface area contributed by atoms with E-state index in [4.69, 9.17) is 0 Å². The third kappa shape index (κ3) is 1.77. The Morgan fingerprint density at radius 1 is 1.11 bits per heavy atom. The summed E-state index contributed by atoms with van der Waals surface area (Å²) in [6, 6.07) is 8.48. The van der Waals surface area contributed by atoms with Crippen LogP contribution < -0.4 is 0 Å². The van der Waals surface area contributed by atoms with E-state index in [9.17, 15) is 4.79 Å². The lowest BCUT2D eigenvalue weighted by atomic mass is 9.60. The summed E-state index contributed by atoms with van der Waals surface area (Å²) in [6.07, 6.45) is 4.50. The van der Waals surface area contributed by atoms with E-state index in [0.29, 0.717) is 11.7 Å². The van der Waals surface area contributed by atoms with Gasteiger partial charge in [-0.2, -0.15) is 0 Å². The molecule has 0 heterocycles. The Kier molecular flexibility index (Phi) is 2.71. The van der Waals surface area contributed by atoms with Crippen LogP contribution in [0.25, 0.3) is 0 Å². The second-order valence-electron chi connectivity index (χ2n) is 6.47. The summed E-state index contributed by atoms with van der Waals surface area (Å²) in [4.78, 5) is 12.7. The summed E-state index contributed by atoms with van der Waals surface area (Å²) < 4.78 is 1.10. The molecule has 2 heteroatoms. The number of ketones is 1. The number of hydrogen-bond acceptors (Lipinski definition) is 1. The van der Waals surface area contributed by atoms with E-state index in [1.807, 2.05) is 0 Å². The van der Waals surface area contributed by atoms with Crippen LogP contribution in [0.1, 0.15) is 51.0 Å². The number of benzene rings is 1. The van der Waals surface area contributed by atoms with Gasteiger partial charge in [0.1, 0.15) is 5.78 Å². The molecular formula is C16H19BrO. The lowest BCUT2D eigenvalue weighted by Crippen LogP contribution is -2.42. The van der Waals surface area contributed by atoms with E-state index in [1.54, 1.807) is 0 Å². The number of carbonyl (C=O) groups excluding carboxylic acids is 1. The van der Waals surface area contributed by atoms with Crippen molar-refractivity contribution in [3.63, 3.8) is 0 Å². The van der Waals surface area contributed by atoms with Crippen molar-refractivity contribution in [2.75, 3.05) is 0 Å². The molecule has 0 saturated heterocycles. The normalized spacial score (nSPS) is 28.4. The molecule has 2 saturated carbocycles. The quantitative estimate of drug-likeness (QED) is 0.735. The molecule has 0 radical (unpaired) electrons. The largest absolute Gasteiger partial charge is 0.298 e. The Morgan fingerprint density at radius 2 is 1.72 bits per heavy atom. The minimum Gasteiger partial charge on any atom is -0.298 e. The van der Waals surface area contributed by atoms with Gasteiger partial charge in [0.2, 0.25) is 0 Å². The van der Waals surface area contributed by atoms with E-state index < -0.39 is 0 Å². The number of carbonyl (C=O) groups is 1. The van der Waals surface area contributed by atoms with Crippen molar-refractivity contribution in [2.45, 2.75) is 45.4 Å². The van der Waals surface area contributed by atoms with Crippen molar-refractivity contribution < 1.29 is 4.79 Å². The van der Waals surface area contributed by atoms with Gasteiger partial charge in [-0.1, -0.05) is 41.9 Å². The molecule has 1 nitrogen and oxygen atoms in total. The summed E-state index contributed by atoms with van der Waals surface area (Å²) in [5.74, 6) is 0.887. The van der Waals surface area contributed by atoms with Crippen molar-refractivity contribution in [1.29, 1.82) is 0 Å².